The summed E-state index contributed by atoms with van der Waals surface area (Å²) in [5.41, 5.74) is 1.18. The zero-order valence-electron chi connectivity index (χ0n) is 14.0. The van der Waals surface area contributed by atoms with Gasteiger partial charge in [-0.1, -0.05) is 12.1 Å². The molecule has 0 aliphatic carbocycles. The van der Waals surface area contributed by atoms with Gasteiger partial charge in [-0.3, -0.25) is 0 Å². The molecule has 0 aromatic heterocycles. The molecule has 0 saturated carbocycles. The Balaban J connectivity index is 1.57. The second-order valence-corrected chi connectivity index (χ2v) is 6.30. The van der Waals surface area contributed by atoms with Gasteiger partial charge in [-0.05, 0) is 37.9 Å². The van der Waals surface area contributed by atoms with Crippen molar-refractivity contribution in [1.29, 1.82) is 0 Å². The molecule has 0 spiro atoms. The van der Waals surface area contributed by atoms with E-state index in [4.69, 9.17) is 14.2 Å². The van der Waals surface area contributed by atoms with Gasteiger partial charge in [0.15, 0.2) is 0 Å². The Morgan fingerprint density at radius 3 is 3.09 bits per heavy atom. The molecular formula is C18H28N2O3. The number of rotatable bonds is 7. The molecule has 1 fully saturated rings. The molecule has 0 amide bonds. The first-order chi connectivity index (χ1) is 11.4. The molecular weight excluding hydrogens is 292 g/mol. The lowest BCUT2D eigenvalue weighted by Gasteiger charge is -2.37. The maximum absolute atomic E-state index is 6.14. The number of benzene rings is 1. The molecule has 1 aromatic rings. The van der Waals surface area contributed by atoms with Crippen molar-refractivity contribution in [1.82, 2.24) is 5.32 Å². The topological polar surface area (TPSA) is 43.0 Å². The van der Waals surface area contributed by atoms with E-state index in [0.717, 1.165) is 51.4 Å². The maximum atomic E-state index is 6.14. The first kappa shape index (κ1) is 16.6. The third kappa shape index (κ3) is 4.59. The summed E-state index contributed by atoms with van der Waals surface area (Å²) in [6, 6.07) is 8.27. The number of methoxy groups -OCH3 is 1. The summed E-state index contributed by atoms with van der Waals surface area (Å²) in [6.07, 6.45) is 3.78. The SMILES string of the molecule is COCCCN1CC(COC2CCCNC2)Oc2ccccc21. The highest BCUT2D eigenvalue weighted by Gasteiger charge is 2.26. The van der Waals surface area contributed by atoms with Crippen molar-refractivity contribution < 1.29 is 14.2 Å². The minimum Gasteiger partial charge on any atom is -0.484 e. The van der Waals surface area contributed by atoms with Gasteiger partial charge >= 0.3 is 0 Å². The highest BCUT2D eigenvalue weighted by molar-refractivity contribution is 5.60. The lowest BCUT2D eigenvalue weighted by Crippen LogP contribution is -2.45. The van der Waals surface area contributed by atoms with Crippen molar-refractivity contribution in [3.05, 3.63) is 24.3 Å². The minimum absolute atomic E-state index is 0.0920. The van der Waals surface area contributed by atoms with Crippen molar-refractivity contribution in [3.8, 4) is 5.75 Å². The molecule has 2 atom stereocenters. The second kappa shape index (κ2) is 8.52. The maximum Gasteiger partial charge on any atom is 0.143 e. The van der Waals surface area contributed by atoms with Gasteiger partial charge in [0.1, 0.15) is 11.9 Å². The Labute approximate surface area is 138 Å². The van der Waals surface area contributed by atoms with Gasteiger partial charge in [0.2, 0.25) is 0 Å². The van der Waals surface area contributed by atoms with Crippen LogP contribution in [0, 0.1) is 0 Å². The van der Waals surface area contributed by atoms with Crippen LogP contribution in [-0.2, 0) is 9.47 Å². The molecule has 1 saturated heterocycles. The molecule has 5 heteroatoms. The molecule has 2 heterocycles. The average molecular weight is 320 g/mol. The monoisotopic (exact) mass is 320 g/mol. The van der Waals surface area contributed by atoms with Gasteiger partial charge < -0.3 is 24.4 Å². The number of piperidine rings is 1. The molecule has 1 N–H and O–H groups in total. The van der Waals surface area contributed by atoms with Crippen LogP contribution < -0.4 is 15.0 Å². The fourth-order valence-electron chi connectivity index (χ4n) is 3.28. The largest absolute Gasteiger partial charge is 0.484 e. The fourth-order valence-corrected chi connectivity index (χ4v) is 3.28. The van der Waals surface area contributed by atoms with Gasteiger partial charge in [-0.25, -0.2) is 0 Å². The van der Waals surface area contributed by atoms with Crippen molar-refractivity contribution in [2.24, 2.45) is 0 Å². The van der Waals surface area contributed by atoms with Crippen LogP contribution in [0.5, 0.6) is 5.75 Å². The first-order valence-corrected chi connectivity index (χ1v) is 8.68. The molecule has 0 bridgehead atoms. The zero-order valence-corrected chi connectivity index (χ0v) is 14.0. The summed E-state index contributed by atoms with van der Waals surface area (Å²) in [7, 11) is 1.75. The molecule has 2 unspecified atom stereocenters. The molecule has 0 radical (unpaired) electrons. The number of hydrogen-bond acceptors (Lipinski definition) is 5. The van der Waals surface area contributed by atoms with Crippen LogP contribution >= 0.6 is 0 Å². The molecule has 3 rings (SSSR count). The Hall–Kier alpha value is -1.30. The van der Waals surface area contributed by atoms with Crippen LogP contribution in [0.15, 0.2) is 24.3 Å². The van der Waals surface area contributed by atoms with Crippen LogP contribution in [0.1, 0.15) is 19.3 Å². The van der Waals surface area contributed by atoms with E-state index < -0.39 is 0 Å². The number of nitrogens with zero attached hydrogens (tertiary/aromatic N) is 1. The summed E-state index contributed by atoms with van der Waals surface area (Å²) in [4.78, 5) is 2.39. The first-order valence-electron chi connectivity index (χ1n) is 8.68. The molecule has 128 valence electrons. The van der Waals surface area contributed by atoms with Gasteiger partial charge in [0.05, 0.1) is 24.9 Å². The van der Waals surface area contributed by atoms with E-state index in [1.165, 1.54) is 12.1 Å². The normalized spacial score (nSPS) is 24.1. The summed E-state index contributed by atoms with van der Waals surface area (Å²) < 4.78 is 17.4. The standard InChI is InChI=1S/C18H28N2O3/c1-21-11-5-10-20-13-16(14-22-15-6-4-9-19-12-15)23-18-8-3-2-7-17(18)20/h2-3,7-8,15-16,19H,4-6,9-14H2,1H3. The van der Waals surface area contributed by atoms with Crippen LogP contribution in [0.3, 0.4) is 0 Å². The summed E-state index contributed by atoms with van der Waals surface area (Å²) in [5.74, 6) is 0.964. The predicted molar refractivity (Wildman–Crippen MR) is 91.4 cm³/mol. The van der Waals surface area contributed by atoms with Gasteiger partial charge in [0.25, 0.3) is 0 Å². The van der Waals surface area contributed by atoms with Crippen LogP contribution in [0.2, 0.25) is 0 Å². The molecule has 1 aromatic carbocycles. The van der Waals surface area contributed by atoms with Gasteiger partial charge in [-0.15, -0.1) is 0 Å². The van der Waals surface area contributed by atoms with E-state index in [2.05, 4.69) is 22.3 Å². The highest BCUT2D eigenvalue weighted by atomic mass is 16.5. The zero-order chi connectivity index (χ0) is 15.9. The Morgan fingerprint density at radius 1 is 1.35 bits per heavy atom. The Kier molecular flexibility index (Phi) is 6.13. The van der Waals surface area contributed by atoms with Crippen LogP contribution in [0.4, 0.5) is 5.69 Å². The summed E-state index contributed by atoms with van der Waals surface area (Å²) in [5, 5.41) is 3.39. The van der Waals surface area contributed by atoms with Crippen molar-refractivity contribution in [3.63, 3.8) is 0 Å². The molecule has 2 aliphatic rings. The van der Waals surface area contributed by atoms with Crippen LogP contribution in [-0.4, -0.2) is 58.7 Å². The molecule has 5 nitrogen and oxygen atoms in total. The average Bonchev–Trinajstić information content (AvgIpc) is 2.61. The summed E-state index contributed by atoms with van der Waals surface area (Å²) >= 11 is 0. The number of fused-ring (bicyclic) bond motifs is 1. The van der Waals surface area contributed by atoms with E-state index >= 15 is 0 Å². The van der Waals surface area contributed by atoms with Gasteiger partial charge in [0, 0.05) is 26.8 Å². The number of nitrogens with one attached hydrogen (secondary N) is 1. The fraction of sp³-hybridized carbons (Fsp3) is 0.667. The van der Waals surface area contributed by atoms with Crippen molar-refractivity contribution >= 4 is 5.69 Å². The quantitative estimate of drug-likeness (QED) is 0.779. The minimum atomic E-state index is 0.0920. The molecule has 23 heavy (non-hydrogen) atoms. The molecule has 2 aliphatic heterocycles. The number of para-hydroxylation sites is 2. The van der Waals surface area contributed by atoms with Crippen LogP contribution in [0.25, 0.3) is 0 Å². The van der Waals surface area contributed by atoms with Crippen molar-refractivity contribution in [2.45, 2.75) is 31.5 Å². The lowest BCUT2D eigenvalue weighted by atomic mass is 10.1. The van der Waals surface area contributed by atoms with Gasteiger partial charge in [-0.2, -0.15) is 0 Å². The third-order valence-electron chi connectivity index (χ3n) is 4.47. The second-order valence-electron chi connectivity index (χ2n) is 6.30. The van der Waals surface area contributed by atoms with E-state index in [0.29, 0.717) is 12.7 Å². The third-order valence-corrected chi connectivity index (χ3v) is 4.47. The van der Waals surface area contributed by atoms with E-state index in [9.17, 15) is 0 Å². The van der Waals surface area contributed by atoms with E-state index in [1.54, 1.807) is 7.11 Å². The predicted octanol–water partition coefficient (Wildman–Crippen LogP) is 2.06. The number of ether oxygens (including phenoxy) is 3. The van der Waals surface area contributed by atoms with E-state index in [-0.39, 0.29) is 6.10 Å². The van der Waals surface area contributed by atoms with E-state index in [1.807, 2.05) is 12.1 Å². The summed E-state index contributed by atoms with van der Waals surface area (Å²) in [6.45, 7) is 5.37. The Bertz CT molecular complexity index is 477. The smallest absolute Gasteiger partial charge is 0.143 e. The number of hydrogen-bond donors (Lipinski definition) is 1. The lowest BCUT2D eigenvalue weighted by molar-refractivity contribution is -0.00974. The van der Waals surface area contributed by atoms with Crippen molar-refractivity contribution in [2.75, 3.05) is 51.4 Å². The Morgan fingerprint density at radius 2 is 2.26 bits per heavy atom. The highest BCUT2D eigenvalue weighted by Crippen LogP contribution is 2.33. The number of anilines is 1.